The molecular formula is C27H33BrN4O5S. The minimum atomic E-state index is -3.93. The van der Waals surface area contributed by atoms with E-state index in [1.807, 2.05) is 0 Å². The number of sulfonamides is 1. The molecule has 1 aromatic heterocycles. The van der Waals surface area contributed by atoms with Crippen LogP contribution in [0.15, 0.2) is 58.2 Å². The first-order chi connectivity index (χ1) is 18.2. The van der Waals surface area contributed by atoms with Gasteiger partial charge in [0.2, 0.25) is 5.91 Å². The van der Waals surface area contributed by atoms with Crippen molar-refractivity contribution in [3.05, 3.63) is 58.7 Å². The number of pyridine rings is 1. The second-order valence-corrected chi connectivity index (χ2v) is 12.7. The third-order valence-corrected chi connectivity index (χ3v) is 9.49. The summed E-state index contributed by atoms with van der Waals surface area (Å²) in [6.45, 7) is -0.189. The van der Waals surface area contributed by atoms with Gasteiger partial charge in [-0.05, 0) is 61.6 Å². The number of nitrogens with one attached hydrogen (secondary N) is 2. The number of Topliss-reactive ketones (excluding diaryl/α,β-unsaturated/α-hetero) is 1. The molecule has 1 aliphatic heterocycles. The predicted molar refractivity (Wildman–Crippen MR) is 146 cm³/mol. The molecule has 2 aliphatic rings. The lowest BCUT2D eigenvalue weighted by Crippen LogP contribution is -2.53. The van der Waals surface area contributed by atoms with Gasteiger partial charge in [0.1, 0.15) is 6.04 Å². The number of hydrogen-bond donors (Lipinski definition) is 2. The van der Waals surface area contributed by atoms with E-state index >= 15 is 0 Å². The van der Waals surface area contributed by atoms with Crippen LogP contribution in [-0.2, 0) is 19.6 Å². The number of nitrogens with zero attached hydrogens (tertiary/aromatic N) is 2. The van der Waals surface area contributed by atoms with Gasteiger partial charge in [0.15, 0.2) is 10.8 Å². The normalized spacial score (nSPS) is 20.3. The molecule has 0 spiro atoms. The molecule has 0 radical (unpaired) electrons. The van der Waals surface area contributed by atoms with Gasteiger partial charge in [-0.25, -0.2) is 13.4 Å². The average Bonchev–Trinajstić information content (AvgIpc) is 3.11. The zero-order valence-corrected chi connectivity index (χ0v) is 23.5. The van der Waals surface area contributed by atoms with Gasteiger partial charge in [0.05, 0.1) is 12.6 Å². The number of amides is 2. The van der Waals surface area contributed by atoms with E-state index in [0.29, 0.717) is 30.7 Å². The number of aromatic nitrogens is 1. The number of rotatable bonds is 8. The predicted octanol–water partition coefficient (Wildman–Crippen LogP) is 3.45. The van der Waals surface area contributed by atoms with Crippen molar-refractivity contribution in [3.63, 3.8) is 0 Å². The number of ketones is 1. The quantitative estimate of drug-likeness (QED) is 0.475. The van der Waals surface area contributed by atoms with Gasteiger partial charge >= 0.3 is 0 Å². The number of carbonyl (C=O) groups is 3. The van der Waals surface area contributed by atoms with Crippen molar-refractivity contribution in [2.45, 2.75) is 68.5 Å². The molecule has 9 nitrogen and oxygen atoms in total. The van der Waals surface area contributed by atoms with Crippen LogP contribution >= 0.6 is 15.9 Å². The number of halogens is 1. The number of carbonyl (C=O) groups excluding carboxylic acids is 3. The van der Waals surface area contributed by atoms with Gasteiger partial charge in [0, 0.05) is 22.8 Å². The fraction of sp³-hybridized carbons (Fsp3) is 0.481. The highest BCUT2D eigenvalue weighted by Crippen LogP contribution is 2.28. The monoisotopic (exact) mass is 604 g/mol. The maximum absolute atomic E-state index is 13.4. The van der Waals surface area contributed by atoms with Gasteiger partial charge in [-0.1, -0.05) is 54.1 Å². The van der Waals surface area contributed by atoms with Crippen LogP contribution in [0.25, 0.3) is 0 Å². The van der Waals surface area contributed by atoms with Gasteiger partial charge in [-0.2, -0.15) is 4.31 Å². The molecule has 1 aliphatic carbocycles. The fourth-order valence-corrected chi connectivity index (χ4v) is 6.73. The zero-order chi connectivity index (χ0) is 27.1. The second kappa shape index (κ2) is 12.9. The first kappa shape index (κ1) is 28.4. The Balaban J connectivity index is 1.45. The van der Waals surface area contributed by atoms with Crippen molar-refractivity contribution >= 4 is 43.6 Å². The van der Waals surface area contributed by atoms with Crippen LogP contribution in [0.2, 0.25) is 0 Å². The van der Waals surface area contributed by atoms with Crippen LogP contribution < -0.4 is 10.6 Å². The molecule has 1 unspecified atom stereocenters. The molecule has 2 heterocycles. The molecule has 2 amide bonds. The average molecular weight is 606 g/mol. The van der Waals surface area contributed by atoms with Gasteiger partial charge in [0.25, 0.3) is 15.9 Å². The van der Waals surface area contributed by atoms with Crippen LogP contribution in [-0.4, -0.2) is 60.5 Å². The van der Waals surface area contributed by atoms with Crippen LogP contribution in [0.4, 0.5) is 0 Å². The van der Waals surface area contributed by atoms with E-state index in [2.05, 4.69) is 31.5 Å². The van der Waals surface area contributed by atoms with Gasteiger partial charge < -0.3 is 10.6 Å². The van der Waals surface area contributed by atoms with E-state index in [-0.39, 0.29) is 29.8 Å². The molecule has 38 heavy (non-hydrogen) atoms. The van der Waals surface area contributed by atoms with E-state index in [0.717, 1.165) is 34.5 Å². The topological polar surface area (TPSA) is 126 Å². The molecule has 1 saturated carbocycles. The molecule has 1 saturated heterocycles. The van der Waals surface area contributed by atoms with Crippen molar-refractivity contribution in [2.24, 2.45) is 5.92 Å². The van der Waals surface area contributed by atoms with Crippen LogP contribution in [0.5, 0.6) is 0 Å². The Kier molecular flexibility index (Phi) is 9.67. The second-order valence-electron chi connectivity index (χ2n) is 9.95. The van der Waals surface area contributed by atoms with Gasteiger partial charge in [-0.15, -0.1) is 0 Å². The Labute approximate surface area is 232 Å². The summed E-state index contributed by atoms with van der Waals surface area (Å²) in [5, 5.41) is 5.60. The molecule has 2 fully saturated rings. The van der Waals surface area contributed by atoms with E-state index in [4.69, 9.17) is 0 Å². The SMILES string of the molecule is O=C(NC(CC1CCCCC1)C(=O)N[C@H]1CCCN(S(=O)(=O)c2ccccn2)CC1=O)c1ccc(Br)cc1. The molecule has 4 rings (SSSR count). The maximum Gasteiger partial charge on any atom is 0.260 e. The third-order valence-electron chi connectivity index (χ3n) is 7.20. The van der Waals surface area contributed by atoms with E-state index in [1.54, 1.807) is 36.4 Å². The standard InChI is InChI=1S/C27H33BrN4O5S/c28-21-13-11-20(12-14-21)26(34)31-23(17-19-7-2-1-3-8-19)27(35)30-22-9-6-16-32(18-24(22)33)38(36,37)25-10-4-5-15-29-25/h4-5,10-15,19,22-23H,1-3,6-9,16-18H2,(H,30,35)(H,31,34)/t22-,23?/m0/s1. The summed E-state index contributed by atoms with van der Waals surface area (Å²) in [4.78, 5) is 43.4. The van der Waals surface area contributed by atoms with Crippen LogP contribution in [0.1, 0.15) is 61.7 Å². The fourth-order valence-electron chi connectivity index (χ4n) is 5.09. The first-order valence-electron chi connectivity index (χ1n) is 13.0. The molecule has 204 valence electrons. The Bertz CT molecular complexity index is 1230. The van der Waals surface area contributed by atoms with Gasteiger partial charge in [-0.3, -0.25) is 14.4 Å². The van der Waals surface area contributed by atoms with Crippen molar-refractivity contribution in [1.29, 1.82) is 0 Å². The number of hydrogen-bond acceptors (Lipinski definition) is 6. The Morgan fingerprint density at radius 1 is 1.03 bits per heavy atom. The lowest BCUT2D eigenvalue weighted by atomic mass is 9.84. The smallest absolute Gasteiger partial charge is 0.260 e. The highest BCUT2D eigenvalue weighted by molar-refractivity contribution is 9.10. The molecular weight excluding hydrogens is 572 g/mol. The highest BCUT2D eigenvalue weighted by atomic mass is 79.9. The van der Waals surface area contributed by atoms with Crippen molar-refractivity contribution in [1.82, 2.24) is 19.9 Å². The Morgan fingerprint density at radius 3 is 2.45 bits per heavy atom. The van der Waals surface area contributed by atoms with E-state index in [1.165, 1.54) is 18.7 Å². The van der Waals surface area contributed by atoms with Crippen molar-refractivity contribution in [3.8, 4) is 0 Å². The molecule has 2 aromatic rings. The van der Waals surface area contributed by atoms with Crippen molar-refractivity contribution < 1.29 is 22.8 Å². The van der Waals surface area contributed by atoms with Crippen LogP contribution in [0.3, 0.4) is 0 Å². The van der Waals surface area contributed by atoms with E-state index < -0.39 is 28.0 Å². The lowest BCUT2D eigenvalue weighted by Gasteiger charge is -2.28. The summed E-state index contributed by atoms with van der Waals surface area (Å²) in [5.41, 5.74) is 0.440. The lowest BCUT2D eigenvalue weighted by molar-refractivity contribution is -0.129. The zero-order valence-electron chi connectivity index (χ0n) is 21.1. The largest absolute Gasteiger partial charge is 0.344 e. The minimum Gasteiger partial charge on any atom is -0.344 e. The number of benzene rings is 1. The molecule has 2 atom stereocenters. The summed E-state index contributed by atoms with van der Waals surface area (Å²) >= 11 is 3.36. The third kappa shape index (κ3) is 7.27. The first-order valence-corrected chi connectivity index (χ1v) is 15.3. The summed E-state index contributed by atoms with van der Waals surface area (Å²) in [5.74, 6) is -0.840. The minimum absolute atomic E-state index is 0.113. The molecule has 0 bridgehead atoms. The Hall–Kier alpha value is -2.63. The summed E-state index contributed by atoms with van der Waals surface area (Å²) in [7, 11) is -3.93. The van der Waals surface area contributed by atoms with Crippen molar-refractivity contribution in [2.75, 3.05) is 13.1 Å². The summed E-state index contributed by atoms with van der Waals surface area (Å²) < 4.78 is 28.0. The van der Waals surface area contributed by atoms with Crippen LogP contribution in [0, 0.1) is 5.92 Å². The highest BCUT2D eigenvalue weighted by Gasteiger charge is 2.35. The maximum atomic E-state index is 13.4. The van der Waals surface area contributed by atoms with E-state index in [9.17, 15) is 22.8 Å². The summed E-state index contributed by atoms with van der Waals surface area (Å²) in [6, 6.07) is 9.87. The Morgan fingerprint density at radius 2 is 1.76 bits per heavy atom. The molecule has 1 aromatic carbocycles. The molecule has 2 N–H and O–H groups in total. The summed E-state index contributed by atoms with van der Waals surface area (Å²) in [6.07, 6.45) is 7.98. The molecule has 11 heteroatoms.